The highest BCUT2D eigenvalue weighted by Gasteiger charge is 2.35. The van der Waals surface area contributed by atoms with Gasteiger partial charge in [0.15, 0.2) is 11.5 Å². The Morgan fingerprint density at radius 1 is 0.906 bits per heavy atom. The van der Waals surface area contributed by atoms with Crippen molar-refractivity contribution in [2.24, 2.45) is 4.99 Å². The minimum Gasteiger partial charge on any atom is -0.492 e. The maximum absolute atomic E-state index is 14.1. The highest BCUT2D eigenvalue weighted by molar-refractivity contribution is 7.15. The highest BCUT2D eigenvalue weighted by Crippen LogP contribution is 2.40. The lowest BCUT2D eigenvalue weighted by Gasteiger charge is -2.42. The molecule has 4 aromatic heterocycles. The zero-order valence-corrected chi connectivity index (χ0v) is 38.6. The molecule has 0 radical (unpaired) electrons. The van der Waals surface area contributed by atoms with Gasteiger partial charge in [-0.05, 0) is 114 Å². The number of halogens is 2. The van der Waals surface area contributed by atoms with E-state index in [1.165, 1.54) is 10.4 Å². The van der Waals surface area contributed by atoms with Crippen molar-refractivity contribution in [2.45, 2.75) is 83.6 Å². The predicted octanol–water partition coefficient (Wildman–Crippen LogP) is 7.76. The molecule has 3 aliphatic heterocycles. The molecule has 10 rings (SSSR count). The van der Waals surface area contributed by atoms with Gasteiger partial charge in [-0.15, -0.1) is 21.5 Å². The van der Waals surface area contributed by atoms with Gasteiger partial charge in [-0.25, -0.2) is 4.98 Å². The molecule has 2 aromatic carbocycles. The van der Waals surface area contributed by atoms with Crippen molar-refractivity contribution < 1.29 is 19.4 Å². The topological polar surface area (TPSA) is 150 Å². The number of aliphatic imine (C=N–C) groups is 1. The van der Waals surface area contributed by atoms with E-state index in [2.05, 4.69) is 48.4 Å². The summed E-state index contributed by atoms with van der Waals surface area (Å²) in [5.74, 6) is 2.38. The van der Waals surface area contributed by atoms with E-state index < -0.39 is 12.1 Å². The third kappa shape index (κ3) is 8.65. The van der Waals surface area contributed by atoms with Crippen molar-refractivity contribution in [1.29, 1.82) is 0 Å². The molecule has 0 bridgehead atoms. The number of aryl methyl sites for hydroxylation is 2. The Hall–Kier alpha value is -4.90. The number of aliphatic hydroxyl groups excluding tert-OH is 1. The van der Waals surface area contributed by atoms with Gasteiger partial charge in [0.2, 0.25) is 5.91 Å². The molecule has 3 fully saturated rings. The molecule has 2 N–H and O–H groups in total. The number of fused-ring (bicyclic) bond motifs is 4. The van der Waals surface area contributed by atoms with Crippen LogP contribution in [0.5, 0.6) is 11.8 Å². The molecule has 1 aliphatic carbocycles. The van der Waals surface area contributed by atoms with Crippen molar-refractivity contribution in [1.82, 2.24) is 44.4 Å². The second-order valence-corrected chi connectivity index (χ2v) is 19.4. The summed E-state index contributed by atoms with van der Waals surface area (Å²) in [4.78, 5) is 40.0. The van der Waals surface area contributed by atoms with Crippen LogP contribution < -0.4 is 9.47 Å². The van der Waals surface area contributed by atoms with Crippen molar-refractivity contribution in [2.75, 3.05) is 52.4 Å². The Labute approximate surface area is 386 Å². The number of piperidine rings is 1. The minimum atomic E-state index is -0.481. The van der Waals surface area contributed by atoms with Gasteiger partial charge in [0.1, 0.15) is 35.3 Å². The molecule has 2 saturated heterocycles. The molecule has 14 nitrogen and oxygen atoms in total. The number of pyridine rings is 1. The Kier molecular flexibility index (Phi) is 12.2. The van der Waals surface area contributed by atoms with Crippen LogP contribution in [0.25, 0.3) is 27.4 Å². The fourth-order valence-corrected chi connectivity index (χ4v) is 11.2. The lowest BCUT2D eigenvalue weighted by atomic mass is 9.99. The Morgan fingerprint density at radius 2 is 1.66 bits per heavy atom. The van der Waals surface area contributed by atoms with Crippen LogP contribution in [-0.2, 0) is 4.79 Å². The van der Waals surface area contributed by atoms with Crippen LogP contribution in [0.2, 0.25) is 10.0 Å². The maximum atomic E-state index is 14.1. The summed E-state index contributed by atoms with van der Waals surface area (Å²) < 4.78 is 14.2. The second kappa shape index (κ2) is 18.2. The van der Waals surface area contributed by atoms with Crippen molar-refractivity contribution in [3.05, 3.63) is 97.9 Å². The summed E-state index contributed by atoms with van der Waals surface area (Å²) in [6, 6.07) is 17.8. The van der Waals surface area contributed by atoms with E-state index >= 15 is 0 Å². The third-order valence-corrected chi connectivity index (χ3v) is 15.1. The monoisotopic (exact) mass is 922 g/mol. The Bertz CT molecular complexity index is 2680. The summed E-state index contributed by atoms with van der Waals surface area (Å²) in [6.07, 6.45) is 4.14. The van der Waals surface area contributed by atoms with Crippen LogP contribution in [-0.4, -0.2) is 132 Å². The van der Waals surface area contributed by atoms with Crippen LogP contribution in [0.3, 0.4) is 0 Å². The molecule has 4 aliphatic rings. The number of nitrogens with zero attached hydrogens (tertiary/aromatic N) is 9. The first-order valence-corrected chi connectivity index (χ1v) is 23.9. The number of aliphatic hydroxyl groups is 1. The van der Waals surface area contributed by atoms with E-state index in [1.54, 1.807) is 11.3 Å². The fourth-order valence-electron chi connectivity index (χ4n) is 9.61. The minimum absolute atomic E-state index is 0.0936. The van der Waals surface area contributed by atoms with Gasteiger partial charge in [-0.2, -0.15) is 4.98 Å². The lowest BCUT2D eigenvalue weighted by molar-refractivity contribution is -0.133. The van der Waals surface area contributed by atoms with Crippen LogP contribution in [0, 0.1) is 20.8 Å². The van der Waals surface area contributed by atoms with E-state index in [1.807, 2.05) is 66.4 Å². The highest BCUT2D eigenvalue weighted by atomic mass is 35.5. The van der Waals surface area contributed by atoms with Gasteiger partial charge in [-0.3, -0.25) is 24.2 Å². The number of ether oxygens (including phenoxy) is 2. The van der Waals surface area contributed by atoms with E-state index in [9.17, 15) is 9.90 Å². The van der Waals surface area contributed by atoms with E-state index in [0.29, 0.717) is 64.5 Å². The van der Waals surface area contributed by atoms with Crippen LogP contribution in [0.15, 0.2) is 59.6 Å². The average Bonchev–Trinajstić information content (AvgIpc) is 4.06. The molecule has 17 heteroatoms. The van der Waals surface area contributed by atoms with Crippen molar-refractivity contribution >= 4 is 57.3 Å². The number of likely N-dealkylation sites (tertiary alicyclic amines) is 1. The van der Waals surface area contributed by atoms with Crippen molar-refractivity contribution in [3.63, 3.8) is 0 Å². The molecule has 64 heavy (non-hydrogen) atoms. The number of imidazole rings is 1. The molecule has 0 spiro atoms. The van der Waals surface area contributed by atoms with Gasteiger partial charge in [0, 0.05) is 65.4 Å². The number of rotatable bonds is 11. The van der Waals surface area contributed by atoms with Gasteiger partial charge in [0.05, 0.1) is 34.5 Å². The molecule has 334 valence electrons. The molecule has 7 heterocycles. The average molecular weight is 924 g/mol. The number of amides is 1. The second-order valence-electron chi connectivity index (χ2n) is 17.4. The number of carbonyl (C=O) groups is 1. The number of nitrogens with one attached hydrogen (secondary N) is 1. The Balaban J connectivity index is 0.699. The largest absolute Gasteiger partial charge is 0.492 e. The molecular weight excluding hydrogens is 872 g/mol. The lowest BCUT2D eigenvalue weighted by Crippen LogP contribution is -2.54. The summed E-state index contributed by atoms with van der Waals surface area (Å²) in [7, 11) is 0. The third-order valence-electron chi connectivity index (χ3n) is 13.4. The first-order valence-electron chi connectivity index (χ1n) is 22.3. The van der Waals surface area contributed by atoms with Crippen LogP contribution in [0.1, 0.15) is 77.8 Å². The maximum Gasteiger partial charge on any atom is 0.296 e. The smallest absolute Gasteiger partial charge is 0.296 e. The summed E-state index contributed by atoms with van der Waals surface area (Å²) in [6.45, 7) is 12.8. The molecule has 6 aromatic rings. The first-order chi connectivity index (χ1) is 31.1. The van der Waals surface area contributed by atoms with E-state index in [4.69, 9.17) is 42.7 Å². The number of piperazine rings is 1. The number of aromatic nitrogens is 6. The van der Waals surface area contributed by atoms with E-state index in [-0.39, 0.29) is 18.4 Å². The number of aromatic amines is 1. The number of hydrogen-bond donors (Lipinski definition) is 2. The molecular formula is C47H52Cl2N10O4S. The fraction of sp³-hybridized carbons (Fsp3) is 0.447. The molecule has 0 unspecified atom stereocenters. The van der Waals surface area contributed by atoms with Gasteiger partial charge < -0.3 is 24.5 Å². The summed E-state index contributed by atoms with van der Waals surface area (Å²) in [5.41, 5.74) is 6.75. The van der Waals surface area contributed by atoms with Gasteiger partial charge >= 0.3 is 0 Å². The number of H-pyrrole nitrogens is 1. The standard InChI is InChI=1S/C47H52Cl2N10O4S/c1-27-28(2)64-46-41(27)43(31-7-11-32(48)12-8-31)50-37(45-55-54-29(3)59(45)46)26-40(61)58-21-19-57(20-22-58)33-15-17-56(18-16-33)23-24-62-34-13-9-30(10-14-34)42-35(49)25-36-44(52-42)53-47(51-36)63-39-6-4-5-38(39)60/h7-14,25,33,37-39,60H,4-6,15-24,26H2,1-3H3,(H,51,52,53)/t37-,38-,39-/m0/s1. The number of hydrogen-bond acceptors (Lipinski definition) is 12. The zero-order chi connectivity index (χ0) is 44.1. The van der Waals surface area contributed by atoms with Gasteiger partial charge in [-0.1, -0.05) is 35.3 Å². The Morgan fingerprint density at radius 3 is 2.39 bits per heavy atom. The van der Waals surface area contributed by atoms with Crippen LogP contribution in [0.4, 0.5) is 0 Å². The SMILES string of the molecule is Cc1sc2c(c1C)C(c1ccc(Cl)cc1)=N[C@@H](CC(=O)N1CCN(C3CCN(CCOc4ccc(-c5nc6nc(O[C@H]7CCC[C@@H]7O)[nH]c6cc5Cl)cc4)CC3)CC1)c1nnc(C)n1-2. The first kappa shape index (κ1) is 43.0. The number of benzene rings is 2. The van der Waals surface area contributed by atoms with Crippen molar-refractivity contribution in [3.8, 4) is 28.0 Å². The summed E-state index contributed by atoms with van der Waals surface area (Å²) in [5, 5.41) is 21.4. The summed E-state index contributed by atoms with van der Waals surface area (Å²) >= 11 is 14.7. The molecule has 3 atom stereocenters. The zero-order valence-electron chi connectivity index (χ0n) is 36.3. The number of thiophene rings is 1. The van der Waals surface area contributed by atoms with Gasteiger partial charge in [0.25, 0.3) is 6.01 Å². The predicted molar refractivity (Wildman–Crippen MR) is 250 cm³/mol. The van der Waals surface area contributed by atoms with E-state index in [0.717, 1.165) is 104 Å². The van der Waals surface area contributed by atoms with Crippen LogP contribution >= 0.6 is 34.5 Å². The number of carbonyl (C=O) groups excluding carboxylic acids is 1. The molecule has 1 amide bonds. The normalized spacial score (nSPS) is 20.9. The quantitative estimate of drug-likeness (QED) is 0.132. The molecule has 1 saturated carbocycles.